The van der Waals surface area contributed by atoms with Crippen LogP contribution in [0.3, 0.4) is 0 Å². The van der Waals surface area contributed by atoms with E-state index in [-0.39, 0.29) is 11.6 Å². The molecule has 0 aliphatic heterocycles. The molecule has 0 heterocycles. The summed E-state index contributed by atoms with van der Waals surface area (Å²) >= 11 is 0. The van der Waals surface area contributed by atoms with Crippen molar-refractivity contribution >= 4 is 11.5 Å². The van der Waals surface area contributed by atoms with Crippen molar-refractivity contribution in [3.05, 3.63) is 29.1 Å². The SMILES string of the molecule is CC(=O)c1cc(F)c(C)cc1N(C)C(C)C1CC1. The van der Waals surface area contributed by atoms with Crippen molar-refractivity contribution < 1.29 is 9.18 Å². The van der Waals surface area contributed by atoms with E-state index in [2.05, 4.69) is 11.8 Å². The Hall–Kier alpha value is -1.38. The number of nitrogens with zero attached hydrogens (tertiary/aromatic N) is 1. The van der Waals surface area contributed by atoms with E-state index in [4.69, 9.17) is 0 Å². The second-order valence-corrected chi connectivity index (χ2v) is 5.36. The second kappa shape index (κ2) is 4.71. The van der Waals surface area contributed by atoms with Gasteiger partial charge in [-0.2, -0.15) is 0 Å². The molecule has 0 N–H and O–H groups in total. The molecule has 1 unspecified atom stereocenters. The first-order valence-electron chi connectivity index (χ1n) is 6.45. The highest BCUT2D eigenvalue weighted by atomic mass is 19.1. The van der Waals surface area contributed by atoms with Crippen LogP contribution in [-0.2, 0) is 0 Å². The first-order valence-corrected chi connectivity index (χ1v) is 6.45. The van der Waals surface area contributed by atoms with Gasteiger partial charge in [0.15, 0.2) is 5.78 Å². The van der Waals surface area contributed by atoms with Gasteiger partial charge in [0, 0.05) is 24.3 Å². The Morgan fingerprint density at radius 2 is 2.06 bits per heavy atom. The third-order valence-electron chi connectivity index (χ3n) is 3.95. The van der Waals surface area contributed by atoms with Gasteiger partial charge in [0.2, 0.25) is 0 Å². The molecule has 0 aromatic heterocycles. The second-order valence-electron chi connectivity index (χ2n) is 5.36. The molecule has 18 heavy (non-hydrogen) atoms. The number of Topliss-reactive ketones (excluding diaryl/α,β-unsaturated/α-hetero) is 1. The molecule has 98 valence electrons. The van der Waals surface area contributed by atoms with Crippen LogP contribution in [0.2, 0.25) is 0 Å². The molecule has 1 aliphatic rings. The Morgan fingerprint density at radius 1 is 1.44 bits per heavy atom. The number of anilines is 1. The normalized spacial score (nSPS) is 16.5. The van der Waals surface area contributed by atoms with E-state index < -0.39 is 0 Å². The smallest absolute Gasteiger partial charge is 0.161 e. The van der Waals surface area contributed by atoms with Crippen molar-refractivity contribution in [1.82, 2.24) is 0 Å². The maximum absolute atomic E-state index is 13.6. The number of carbonyl (C=O) groups is 1. The predicted octanol–water partition coefficient (Wildman–Crippen LogP) is 3.57. The number of halogens is 1. The third kappa shape index (κ3) is 2.40. The van der Waals surface area contributed by atoms with E-state index >= 15 is 0 Å². The molecule has 2 rings (SSSR count). The van der Waals surface area contributed by atoms with E-state index in [1.165, 1.54) is 25.8 Å². The Morgan fingerprint density at radius 3 is 2.56 bits per heavy atom. The zero-order chi connectivity index (χ0) is 13.4. The lowest BCUT2D eigenvalue weighted by Gasteiger charge is -2.29. The number of ketones is 1. The molecule has 3 heteroatoms. The summed E-state index contributed by atoms with van der Waals surface area (Å²) in [4.78, 5) is 13.8. The Bertz CT molecular complexity index is 480. The van der Waals surface area contributed by atoms with Crippen LogP contribution in [0.5, 0.6) is 0 Å². The summed E-state index contributed by atoms with van der Waals surface area (Å²) in [6.07, 6.45) is 2.50. The number of carbonyl (C=O) groups excluding carboxylic acids is 1. The Balaban J connectivity index is 2.40. The maximum Gasteiger partial charge on any atom is 0.161 e. The molecule has 1 aliphatic carbocycles. The van der Waals surface area contributed by atoms with E-state index in [0.717, 1.165) is 5.69 Å². The first-order chi connectivity index (χ1) is 8.41. The van der Waals surface area contributed by atoms with Crippen LogP contribution in [0.25, 0.3) is 0 Å². The summed E-state index contributed by atoms with van der Waals surface area (Å²) in [7, 11) is 1.99. The minimum atomic E-state index is -0.309. The molecule has 0 spiro atoms. The summed E-state index contributed by atoms with van der Waals surface area (Å²) in [5.41, 5.74) is 1.92. The molecule has 0 bridgehead atoms. The lowest BCUT2D eigenvalue weighted by Crippen LogP contribution is -2.31. The molecule has 1 aromatic rings. The van der Waals surface area contributed by atoms with Gasteiger partial charge >= 0.3 is 0 Å². The number of benzene rings is 1. The van der Waals surface area contributed by atoms with E-state index in [0.29, 0.717) is 23.1 Å². The lowest BCUT2D eigenvalue weighted by atomic mass is 10.0. The van der Waals surface area contributed by atoms with Gasteiger partial charge in [0.25, 0.3) is 0 Å². The van der Waals surface area contributed by atoms with Crippen molar-refractivity contribution in [3.63, 3.8) is 0 Å². The minimum absolute atomic E-state index is 0.0845. The van der Waals surface area contributed by atoms with Crippen LogP contribution in [0.1, 0.15) is 42.6 Å². The van der Waals surface area contributed by atoms with Gasteiger partial charge < -0.3 is 4.90 Å². The molecule has 0 amide bonds. The third-order valence-corrected chi connectivity index (χ3v) is 3.95. The fourth-order valence-electron chi connectivity index (χ4n) is 2.35. The molecule has 1 atom stereocenters. The Labute approximate surface area is 108 Å². The molecule has 1 saturated carbocycles. The van der Waals surface area contributed by atoms with Gasteiger partial charge in [0.05, 0.1) is 0 Å². The summed E-state index contributed by atoms with van der Waals surface area (Å²) in [5, 5.41) is 0. The number of hydrogen-bond donors (Lipinski definition) is 0. The van der Waals surface area contributed by atoms with E-state index in [1.807, 2.05) is 7.05 Å². The van der Waals surface area contributed by atoms with Crippen LogP contribution in [0.15, 0.2) is 12.1 Å². The number of hydrogen-bond acceptors (Lipinski definition) is 2. The zero-order valence-corrected chi connectivity index (χ0v) is 11.5. The van der Waals surface area contributed by atoms with Gasteiger partial charge in [-0.05, 0) is 57.2 Å². The maximum atomic E-state index is 13.6. The summed E-state index contributed by atoms with van der Waals surface area (Å²) in [6.45, 7) is 5.39. The van der Waals surface area contributed by atoms with Crippen molar-refractivity contribution in [2.45, 2.75) is 39.7 Å². The average molecular weight is 249 g/mol. The highest BCUT2D eigenvalue weighted by Crippen LogP contribution is 2.37. The summed E-state index contributed by atoms with van der Waals surface area (Å²) in [5.74, 6) is 0.315. The highest BCUT2D eigenvalue weighted by molar-refractivity contribution is 6.00. The van der Waals surface area contributed by atoms with E-state index in [9.17, 15) is 9.18 Å². The van der Waals surface area contributed by atoms with Crippen molar-refractivity contribution in [1.29, 1.82) is 0 Å². The van der Waals surface area contributed by atoms with Gasteiger partial charge in [-0.25, -0.2) is 4.39 Å². The Kier molecular flexibility index (Phi) is 3.42. The molecular formula is C15H20FNO. The van der Waals surface area contributed by atoms with Crippen LogP contribution < -0.4 is 4.90 Å². The molecule has 2 nitrogen and oxygen atoms in total. The molecule has 0 saturated heterocycles. The van der Waals surface area contributed by atoms with Crippen LogP contribution in [0, 0.1) is 18.7 Å². The van der Waals surface area contributed by atoms with Gasteiger partial charge in [0.1, 0.15) is 5.82 Å². The largest absolute Gasteiger partial charge is 0.371 e. The summed E-state index contributed by atoms with van der Waals surface area (Å²) < 4.78 is 13.6. The van der Waals surface area contributed by atoms with Gasteiger partial charge in [-0.1, -0.05) is 0 Å². The quantitative estimate of drug-likeness (QED) is 0.760. The van der Waals surface area contributed by atoms with Crippen molar-refractivity contribution in [2.75, 3.05) is 11.9 Å². The molecule has 1 aromatic carbocycles. The van der Waals surface area contributed by atoms with Crippen LogP contribution >= 0.6 is 0 Å². The van der Waals surface area contributed by atoms with Crippen LogP contribution in [0.4, 0.5) is 10.1 Å². The van der Waals surface area contributed by atoms with Crippen molar-refractivity contribution in [2.24, 2.45) is 5.92 Å². The van der Waals surface area contributed by atoms with Crippen molar-refractivity contribution in [3.8, 4) is 0 Å². The standard InChI is InChI=1S/C15H20FNO/c1-9-7-15(13(11(3)18)8-14(9)16)17(4)10(2)12-5-6-12/h7-8,10,12H,5-6H2,1-4H3. The molecule has 1 fully saturated rings. The zero-order valence-electron chi connectivity index (χ0n) is 11.5. The molecular weight excluding hydrogens is 229 g/mol. The van der Waals surface area contributed by atoms with Gasteiger partial charge in [-0.3, -0.25) is 4.79 Å². The average Bonchev–Trinajstić information content (AvgIpc) is 3.14. The fourth-order valence-corrected chi connectivity index (χ4v) is 2.35. The number of aryl methyl sites for hydroxylation is 1. The predicted molar refractivity (Wildman–Crippen MR) is 71.7 cm³/mol. The topological polar surface area (TPSA) is 20.3 Å². The first kappa shape index (κ1) is 13.1. The minimum Gasteiger partial charge on any atom is -0.371 e. The summed E-state index contributed by atoms with van der Waals surface area (Å²) in [6, 6.07) is 3.54. The fraction of sp³-hybridized carbons (Fsp3) is 0.533. The monoisotopic (exact) mass is 249 g/mol. The van der Waals surface area contributed by atoms with Gasteiger partial charge in [-0.15, -0.1) is 0 Å². The molecule has 0 radical (unpaired) electrons. The number of rotatable bonds is 4. The highest BCUT2D eigenvalue weighted by Gasteiger charge is 2.31. The van der Waals surface area contributed by atoms with Crippen LogP contribution in [-0.4, -0.2) is 18.9 Å². The lowest BCUT2D eigenvalue weighted by molar-refractivity contribution is 0.101. The van der Waals surface area contributed by atoms with E-state index in [1.54, 1.807) is 13.0 Å².